The molecule has 3 aromatic heterocycles. The zero-order chi connectivity index (χ0) is 27.8. The summed E-state index contributed by atoms with van der Waals surface area (Å²) >= 11 is 0. The fourth-order valence-corrected chi connectivity index (χ4v) is 3.65. The van der Waals surface area contributed by atoms with Gasteiger partial charge < -0.3 is 21.4 Å². The van der Waals surface area contributed by atoms with Crippen LogP contribution in [0.15, 0.2) is 67.1 Å². The summed E-state index contributed by atoms with van der Waals surface area (Å²) in [5, 5.41) is 15.1. The van der Waals surface area contributed by atoms with Crippen LogP contribution in [0.2, 0.25) is 0 Å². The maximum Gasteiger partial charge on any atom is 0.183 e. The lowest BCUT2D eigenvalue weighted by atomic mass is 10.1. The van der Waals surface area contributed by atoms with Crippen molar-refractivity contribution in [1.29, 1.82) is 5.26 Å². The van der Waals surface area contributed by atoms with Gasteiger partial charge in [0.1, 0.15) is 35.4 Å². The van der Waals surface area contributed by atoms with E-state index in [4.69, 9.17) is 11.0 Å². The largest absolute Gasteiger partial charge is 0.382 e. The van der Waals surface area contributed by atoms with Gasteiger partial charge in [0.15, 0.2) is 17.8 Å². The van der Waals surface area contributed by atoms with Gasteiger partial charge in [-0.3, -0.25) is 4.79 Å². The maximum absolute atomic E-state index is 12.4. The van der Waals surface area contributed by atoms with Crippen molar-refractivity contribution >= 4 is 29.1 Å². The first kappa shape index (κ1) is 26.8. The average molecular weight is 524 g/mol. The Labute approximate surface area is 224 Å². The maximum atomic E-state index is 12.4. The number of aromatic nitrogens is 5. The van der Waals surface area contributed by atoms with Crippen LogP contribution in [0, 0.1) is 17.1 Å². The molecule has 0 aliphatic carbocycles. The van der Waals surface area contributed by atoms with Crippen molar-refractivity contribution in [3.05, 3.63) is 95.2 Å². The SMILES string of the molecule is CN[C@@H](C)c1ccc(F)cc1.N#Cc1cnc(NCc2ccc(-c3nc4ncnc(N)c4[nH]3)cc2)c(C=O)c1. The van der Waals surface area contributed by atoms with E-state index >= 15 is 0 Å². The van der Waals surface area contributed by atoms with E-state index in [0.29, 0.717) is 52.6 Å². The van der Waals surface area contributed by atoms with Gasteiger partial charge in [0.25, 0.3) is 0 Å². The normalized spacial score (nSPS) is 11.2. The third-order valence-corrected chi connectivity index (χ3v) is 5.98. The van der Waals surface area contributed by atoms with Gasteiger partial charge in [-0.2, -0.15) is 5.26 Å². The minimum Gasteiger partial charge on any atom is -0.382 e. The molecule has 0 aliphatic rings. The van der Waals surface area contributed by atoms with Gasteiger partial charge in [0.2, 0.25) is 0 Å². The van der Waals surface area contributed by atoms with Crippen LogP contribution in [0.25, 0.3) is 22.6 Å². The Morgan fingerprint density at radius 3 is 2.51 bits per heavy atom. The van der Waals surface area contributed by atoms with E-state index in [2.05, 4.69) is 35.6 Å². The van der Waals surface area contributed by atoms with Crippen molar-refractivity contribution in [2.24, 2.45) is 0 Å². The van der Waals surface area contributed by atoms with E-state index < -0.39 is 0 Å². The second-order valence-corrected chi connectivity index (χ2v) is 8.55. The standard InChI is InChI=1S/C19H14N8O.C9H12FN/c20-6-12-5-14(9-28)17(23-8-12)22-7-11-1-3-13(4-2-11)18-26-15-16(21)24-10-25-19(15)27-18;1-7(11-2)8-3-5-9(10)6-4-8/h1-5,8-10H,7H2,(H,22,23)(H3,21,24,25,26,27);3-7,11H,1-2H3/t;7-/m.0/s1. The van der Waals surface area contributed by atoms with Gasteiger partial charge in [-0.15, -0.1) is 0 Å². The monoisotopic (exact) mass is 523 g/mol. The highest BCUT2D eigenvalue weighted by atomic mass is 19.1. The highest BCUT2D eigenvalue weighted by Crippen LogP contribution is 2.22. The van der Waals surface area contributed by atoms with Gasteiger partial charge in [-0.1, -0.05) is 36.4 Å². The number of nitriles is 1. The molecule has 0 fully saturated rings. The molecule has 0 radical (unpaired) electrons. The first-order chi connectivity index (χ1) is 18.9. The quantitative estimate of drug-likeness (QED) is 0.227. The van der Waals surface area contributed by atoms with Crippen molar-refractivity contribution in [2.75, 3.05) is 18.1 Å². The molecule has 0 spiro atoms. The Hall–Kier alpha value is -5.21. The summed E-state index contributed by atoms with van der Waals surface area (Å²) in [5.74, 6) is 1.26. The lowest BCUT2D eigenvalue weighted by Crippen LogP contribution is -2.11. The predicted octanol–water partition coefficient (Wildman–Crippen LogP) is 4.40. The number of imidazole rings is 1. The van der Waals surface area contributed by atoms with E-state index in [1.54, 1.807) is 12.1 Å². The van der Waals surface area contributed by atoms with Gasteiger partial charge >= 0.3 is 0 Å². The first-order valence-electron chi connectivity index (χ1n) is 12.0. The predicted molar refractivity (Wildman–Crippen MR) is 147 cm³/mol. The number of pyridine rings is 1. The molecule has 0 aliphatic heterocycles. The van der Waals surface area contributed by atoms with Crippen LogP contribution < -0.4 is 16.4 Å². The summed E-state index contributed by atoms with van der Waals surface area (Å²) in [4.78, 5) is 30.9. The van der Waals surface area contributed by atoms with Crippen LogP contribution in [0.5, 0.6) is 0 Å². The number of carbonyl (C=O) groups is 1. The Balaban J connectivity index is 0.000000270. The highest BCUT2D eigenvalue weighted by molar-refractivity contribution is 5.84. The van der Waals surface area contributed by atoms with Crippen molar-refractivity contribution in [2.45, 2.75) is 19.5 Å². The van der Waals surface area contributed by atoms with Gasteiger partial charge in [-0.05, 0) is 43.3 Å². The Morgan fingerprint density at radius 2 is 1.87 bits per heavy atom. The summed E-state index contributed by atoms with van der Waals surface area (Å²) < 4.78 is 12.4. The van der Waals surface area contributed by atoms with Gasteiger partial charge in [-0.25, -0.2) is 24.3 Å². The third-order valence-electron chi connectivity index (χ3n) is 5.98. The molecule has 10 nitrogen and oxygen atoms in total. The van der Waals surface area contributed by atoms with Crippen molar-refractivity contribution in [3.8, 4) is 17.5 Å². The number of benzene rings is 2. The molecule has 0 saturated carbocycles. The number of anilines is 2. The van der Waals surface area contributed by atoms with E-state index in [9.17, 15) is 9.18 Å². The number of aromatic amines is 1. The number of halogens is 1. The number of carbonyl (C=O) groups excluding carboxylic acids is 1. The number of nitrogens with two attached hydrogens (primary N) is 1. The highest BCUT2D eigenvalue weighted by Gasteiger charge is 2.10. The molecule has 0 amide bonds. The minimum absolute atomic E-state index is 0.183. The van der Waals surface area contributed by atoms with Gasteiger partial charge in [0.05, 0.1) is 11.1 Å². The van der Waals surface area contributed by atoms with Crippen molar-refractivity contribution < 1.29 is 9.18 Å². The molecule has 3 heterocycles. The van der Waals surface area contributed by atoms with Crippen LogP contribution in [0.1, 0.15) is 40.0 Å². The number of nitrogen functional groups attached to an aromatic ring is 1. The van der Waals surface area contributed by atoms with E-state index in [1.807, 2.05) is 44.3 Å². The molecule has 11 heteroatoms. The average Bonchev–Trinajstić information content (AvgIpc) is 3.42. The molecule has 2 aromatic carbocycles. The van der Waals surface area contributed by atoms with Gasteiger partial charge in [0, 0.05) is 24.3 Å². The van der Waals surface area contributed by atoms with Crippen LogP contribution in [0.4, 0.5) is 16.0 Å². The molecule has 5 rings (SSSR count). The summed E-state index contributed by atoms with van der Waals surface area (Å²) in [6.45, 7) is 2.51. The van der Waals surface area contributed by atoms with E-state index in [-0.39, 0.29) is 11.9 Å². The lowest BCUT2D eigenvalue weighted by molar-refractivity contribution is 0.112. The second-order valence-electron chi connectivity index (χ2n) is 8.55. The first-order valence-corrected chi connectivity index (χ1v) is 12.0. The Bertz CT molecular complexity index is 1610. The zero-order valence-electron chi connectivity index (χ0n) is 21.3. The van der Waals surface area contributed by atoms with E-state index in [1.165, 1.54) is 30.7 Å². The van der Waals surface area contributed by atoms with Crippen molar-refractivity contribution in [3.63, 3.8) is 0 Å². The Kier molecular flexibility index (Phi) is 8.50. The summed E-state index contributed by atoms with van der Waals surface area (Å²) in [7, 11) is 1.88. The zero-order valence-corrected chi connectivity index (χ0v) is 21.3. The molecule has 0 bridgehead atoms. The molecule has 0 unspecified atom stereocenters. The lowest BCUT2D eigenvalue weighted by Gasteiger charge is -2.09. The topological polar surface area (TPSA) is 158 Å². The molecule has 196 valence electrons. The molecule has 39 heavy (non-hydrogen) atoms. The number of H-pyrrole nitrogens is 1. The summed E-state index contributed by atoms with van der Waals surface area (Å²) in [6, 6.07) is 18.0. The fraction of sp³-hybridized carbons (Fsp3) is 0.143. The second kappa shape index (κ2) is 12.4. The molecule has 5 N–H and O–H groups in total. The number of nitrogens with zero attached hydrogens (tertiary/aromatic N) is 5. The minimum atomic E-state index is -0.183. The molecule has 0 saturated heterocycles. The number of fused-ring (bicyclic) bond motifs is 1. The molecular weight excluding hydrogens is 497 g/mol. The Morgan fingerprint density at radius 1 is 1.13 bits per heavy atom. The molecule has 5 aromatic rings. The molecule has 1 atom stereocenters. The molecular formula is C28H26FN9O. The van der Waals surface area contributed by atoms with E-state index in [0.717, 1.165) is 16.7 Å². The number of hydrogen-bond donors (Lipinski definition) is 4. The van der Waals surface area contributed by atoms with Crippen LogP contribution in [-0.2, 0) is 6.54 Å². The smallest absolute Gasteiger partial charge is 0.183 e. The number of aldehydes is 1. The van der Waals surface area contributed by atoms with Crippen LogP contribution in [0.3, 0.4) is 0 Å². The number of nitrogens with one attached hydrogen (secondary N) is 3. The summed E-state index contributed by atoms with van der Waals surface area (Å²) in [6.07, 6.45) is 3.48. The van der Waals surface area contributed by atoms with Crippen LogP contribution >= 0.6 is 0 Å². The summed E-state index contributed by atoms with van der Waals surface area (Å²) in [5.41, 5.74) is 10.6. The third kappa shape index (κ3) is 6.57. The van der Waals surface area contributed by atoms with Crippen molar-refractivity contribution in [1.82, 2.24) is 30.2 Å². The fourth-order valence-electron chi connectivity index (χ4n) is 3.65. The van der Waals surface area contributed by atoms with Crippen LogP contribution in [-0.4, -0.2) is 38.3 Å². The number of rotatable bonds is 7. The number of hydrogen-bond acceptors (Lipinski definition) is 9.